The molecule has 0 aliphatic carbocycles. The van der Waals surface area contributed by atoms with Crippen LogP contribution in [-0.4, -0.2) is 27.7 Å². The molecule has 2 rings (SSSR count). The maximum Gasteiger partial charge on any atom is 0.372 e. The summed E-state index contributed by atoms with van der Waals surface area (Å²) < 4.78 is 0. The number of carboxylic acids is 1. The Kier molecular flexibility index (Phi) is 3.95. The van der Waals surface area contributed by atoms with Gasteiger partial charge in [0.1, 0.15) is 5.75 Å². The molecule has 0 aliphatic heterocycles. The predicted molar refractivity (Wildman–Crippen MR) is 73.0 cm³/mol. The lowest BCUT2D eigenvalue weighted by molar-refractivity contribution is -0.148. The van der Waals surface area contributed by atoms with Crippen LogP contribution in [0.2, 0.25) is 0 Å². The summed E-state index contributed by atoms with van der Waals surface area (Å²) in [4.78, 5) is 34.3. The number of rotatable bonds is 5. The van der Waals surface area contributed by atoms with Crippen molar-refractivity contribution in [1.29, 1.82) is 0 Å². The van der Waals surface area contributed by atoms with Crippen LogP contribution < -0.4 is 0 Å². The van der Waals surface area contributed by atoms with Gasteiger partial charge in [-0.3, -0.25) is 9.59 Å². The zero-order valence-electron chi connectivity index (χ0n) is 10.2. The van der Waals surface area contributed by atoms with E-state index in [2.05, 4.69) is 0 Å². The summed E-state index contributed by atoms with van der Waals surface area (Å²) in [7, 11) is 0. The second-order valence-corrected chi connectivity index (χ2v) is 5.12. The standard InChI is InChI=1S/C14H10O5S/c15-9-3-1-8(2-4-9)12-5-6-13(20-12)10(16)7-11(17)14(18)19/h1-6,15H,7H2,(H,18,19). The zero-order valence-corrected chi connectivity index (χ0v) is 11.0. The van der Waals surface area contributed by atoms with Crippen LogP contribution in [0.15, 0.2) is 36.4 Å². The Bertz CT molecular complexity index is 669. The number of aromatic hydroxyl groups is 1. The number of carboxylic acid groups (broad SMARTS) is 1. The molecular formula is C14H10O5S. The van der Waals surface area contributed by atoms with Crippen molar-refractivity contribution in [3.05, 3.63) is 41.3 Å². The number of carbonyl (C=O) groups is 3. The Labute approximate surface area is 118 Å². The zero-order chi connectivity index (χ0) is 14.7. The molecule has 0 aliphatic rings. The summed E-state index contributed by atoms with van der Waals surface area (Å²) in [6, 6.07) is 9.75. The molecule has 2 N–H and O–H groups in total. The highest BCUT2D eigenvalue weighted by molar-refractivity contribution is 7.17. The summed E-state index contributed by atoms with van der Waals surface area (Å²) in [6.07, 6.45) is -0.634. The van der Waals surface area contributed by atoms with E-state index in [9.17, 15) is 19.5 Å². The first-order valence-electron chi connectivity index (χ1n) is 5.66. The van der Waals surface area contributed by atoms with E-state index in [1.54, 1.807) is 24.3 Å². The van der Waals surface area contributed by atoms with Crippen molar-refractivity contribution < 1.29 is 24.6 Å². The molecule has 0 bridgehead atoms. The van der Waals surface area contributed by atoms with Crippen molar-refractivity contribution >= 4 is 28.9 Å². The van der Waals surface area contributed by atoms with Gasteiger partial charge < -0.3 is 10.2 Å². The van der Waals surface area contributed by atoms with Crippen LogP contribution in [0.3, 0.4) is 0 Å². The number of hydrogen-bond donors (Lipinski definition) is 2. The number of hydrogen-bond acceptors (Lipinski definition) is 5. The number of aliphatic carboxylic acids is 1. The van der Waals surface area contributed by atoms with Gasteiger partial charge in [-0.15, -0.1) is 11.3 Å². The van der Waals surface area contributed by atoms with Gasteiger partial charge in [0.15, 0.2) is 5.78 Å². The lowest BCUT2D eigenvalue weighted by Gasteiger charge is -1.97. The third-order valence-electron chi connectivity index (χ3n) is 2.59. The fourth-order valence-corrected chi connectivity index (χ4v) is 2.53. The van der Waals surface area contributed by atoms with Crippen molar-refractivity contribution in [2.75, 3.05) is 0 Å². The minimum absolute atomic E-state index is 0.147. The van der Waals surface area contributed by atoms with Gasteiger partial charge >= 0.3 is 5.97 Å². The molecule has 20 heavy (non-hydrogen) atoms. The van der Waals surface area contributed by atoms with E-state index in [4.69, 9.17) is 5.11 Å². The fraction of sp³-hybridized carbons (Fsp3) is 0.0714. The summed E-state index contributed by atoms with van der Waals surface area (Å²) in [5.41, 5.74) is 0.830. The summed E-state index contributed by atoms with van der Waals surface area (Å²) >= 11 is 1.18. The van der Waals surface area contributed by atoms with Crippen molar-refractivity contribution in [2.45, 2.75) is 6.42 Å². The van der Waals surface area contributed by atoms with E-state index in [1.165, 1.54) is 23.5 Å². The molecule has 1 aromatic carbocycles. The van der Waals surface area contributed by atoms with Gasteiger partial charge in [0, 0.05) is 4.88 Å². The first kappa shape index (κ1) is 14.0. The number of phenolic OH excluding ortho intramolecular Hbond substituents is 1. The van der Waals surface area contributed by atoms with Gasteiger partial charge in [-0.05, 0) is 42.0 Å². The molecule has 0 fully saturated rings. The monoisotopic (exact) mass is 290 g/mol. The largest absolute Gasteiger partial charge is 0.508 e. The Balaban J connectivity index is 2.16. The van der Waals surface area contributed by atoms with Crippen LogP contribution in [0, 0.1) is 0 Å². The van der Waals surface area contributed by atoms with Gasteiger partial charge in [0.05, 0.1) is 11.3 Å². The van der Waals surface area contributed by atoms with Gasteiger partial charge in [-0.2, -0.15) is 0 Å². The van der Waals surface area contributed by atoms with Crippen molar-refractivity contribution in [1.82, 2.24) is 0 Å². The summed E-state index contributed by atoms with van der Waals surface area (Å²) in [5.74, 6) is -3.08. The van der Waals surface area contributed by atoms with Crippen molar-refractivity contribution in [3.8, 4) is 16.2 Å². The van der Waals surface area contributed by atoms with Crippen LogP contribution >= 0.6 is 11.3 Å². The van der Waals surface area contributed by atoms with E-state index >= 15 is 0 Å². The average molecular weight is 290 g/mol. The molecule has 0 unspecified atom stereocenters. The van der Waals surface area contributed by atoms with Crippen LogP contribution in [0.1, 0.15) is 16.1 Å². The number of benzene rings is 1. The molecule has 0 atom stereocenters. The van der Waals surface area contributed by atoms with E-state index < -0.39 is 24.0 Å². The maximum atomic E-state index is 11.7. The molecule has 0 spiro atoms. The third-order valence-corrected chi connectivity index (χ3v) is 3.77. The average Bonchev–Trinajstić information content (AvgIpc) is 2.89. The van der Waals surface area contributed by atoms with Gasteiger partial charge in [-0.25, -0.2) is 4.79 Å². The minimum Gasteiger partial charge on any atom is -0.508 e. The molecule has 1 heterocycles. The topological polar surface area (TPSA) is 91.7 Å². The highest BCUT2D eigenvalue weighted by atomic mass is 32.1. The fourth-order valence-electron chi connectivity index (χ4n) is 1.58. The molecule has 0 amide bonds. The number of Topliss-reactive ketones (excluding diaryl/α,β-unsaturated/α-hetero) is 2. The Morgan fingerprint density at radius 3 is 2.25 bits per heavy atom. The molecular weight excluding hydrogens is 280 g/mol. The molecule has 0 saturated carbocycles. The summed E-state index contributed by atoms with van der Waals surface area (Å²) in [6.45, 7) is 0. The molecule has 2 aromatic rings. The molecule has 0 saturated heterocycles. The first-order chi connectivity index (χ1) is 9.47. The number of thiophene rings is 1. The van der Waals surface area contributed by atoms with Crippen molar-refractivity contribution in [2.24, 2.45) is 0 Å². The third kappa shape index (κ3) is 3.10. The number of carbonyl (C=O) groups excluding carboxylic acids is 2. The smallest absolute Gasteiger partial charge is 0.372 e. The highest BCUT2D eigenvalue weighted by Gasteiger charge is 2.19. The van der Waals surface area contributed by atoms with Crippen LogP contribution in [0.4, 0.5) is 0 Å². The second-order valence-electron chi connectivity index (χ2n) is 4.04. The molecule has 6 heteroatoms. The Morgan fingerprint density at radius 1 is 1.00 bits per heavy atom. The second kappa shape index (κ2) is 5.66. The van der Waals surface area contributed by atoms with Crippen LogP contribution in [0.5, 0.6) is 5.75 Å². The summed E-state index contributed by atoms with van der Waals surface area (Å²) in [5, 5.41) is 17.7. The van der Waals surface area contributed by atoms with Crippen LogP contribution in [-0.2, 0) is 9.59 Å². The normalized spacial score (nSPS) is 10.2. The first-order valence-corrected chi connectivity index (χ1v) is 6.47. The molecule has 0 radical (unpaired) electrons. The number of ketones is 2. The van der Waals surface area contributed by atoms with E-state index in [-0.39, 0.29) is 5.75 Å². The minimum atomic E-state index is -1.60. The maximum absolute atomic E-state index is 11.7. The van der Waals surface area contributed by atoms with E-state index in [0.29, 0.717) is 4.88 Å². The molecule has 102 valence electrons. The Hall–Kier alpha value is -2.47. The van der Waals surface area contributed by atoms with Gasteiger partial charge in [0.2, 0.25) is 5.78 Å². The molecule has 5 nitrogen and oxygen atoms in total. The van der Waals surface area contributed by atoms with Gasteiger partial charge in [-0.1, -0.05) is 0 Å². The van der Waals surface area contributed by atoms with E-state index in [1.807, 2.05) is 0 Å². The predicted octanol–water partition coefficient (Wildman–Crippen LogP) is 2.35. The number of phenols is 1. The van der Waals surface area contributed by atoms with Gasteiger partial charge in [0.25, 0.3) is 0 Å². The van der Waals surface area contributed by atoms with E-state index in [0.717, 1.165) is 10.4 Å². The van der Waals surface area contributed by atoms with Crippen LogP contribution in [0.25, 0.3) is 10.4 Å². The lowest BCUT2D eigenvalue weighted by Crippen LogP contribution is -2.16. The highest BCUT2D eigenvalue weighted by Crippen LogP contribution is 2.29. The Morgan fingerprint density at radius 2 is 1.65 bits per heavy atom. The lowest BCUT2D eigenvalue weighted by atomic mass is 10.1. The SMILES string of the molecule is O=C(O)C(=O)CC(=O)c1ccc(-c2ccc(O)cc2)s1. The quantitative estimate of drug-likeness (QED) is 0.501. The molecule has 1 aromatic heterocycles. The van der Waals surface area contributed by atoms with Crippen molar-refractivity contribution in [3.63, 3.8) is 0 Å².